The van der Waals surface area contributed by atoms with Crippen LogP contribution >= 0.6 is 18.8 Å². The van der Waals surface area contributed by atoms with Gasteiger partial charge in [0.2, 0.25) is 0 Å². The zero-order valence-corrected chi connectivity index (χ0v) is 15.2. The molecule has 0 aliphatic carbocycles. The van der Waals surface area contributed by atoms with E-state index in [0.717, 1.165) is 0 Å². The topological polar surface area (TPSA) is 122 Å². The van der Waals surface area contributed by atoms with Crippen molar-refractivity contribution in [1.82, 2.24) is 0 Å². The summed E-state index contributed by atoms with van der Waals surface area (Å²) < 4.78 is 0. The van der Waals surface area contributed by atoms with E-state index in [1.165, 1.54) is 48.5 Å². The first-order valence-electron chi connectivity index (χ1n) is 5.74. The van der Waals surface area contributed by atoms with Gasteiger partial charge in [0.1, 0.15) is 0 Å². The summed E-state index contributed by atoms with van der Waals surface area (Å²) in [6.07, 6.45) is 0. The normalized spacial score (nSPS) is 8.96. The molecule has 0 spiro atoms. The second-order valence-electron chi connectivity index (χ2n) is 3.81. The Balaban J connectivity index is 0.000000360. The van der Waals surface area contributed by atoms with Crippen LogP contribution in [0.4, 0.5) is 11.4 Å². The van der Waals surface area contributed by atoms with Gasteiger partial charge in [0, 0.05) is 0 Å². The zero-order valence-electron chi connectivity index (χ0n) is 11.4. The van der Waals surface area contributed by atoms with Crippen molar-refractivity contribution in [3.8, 4) is 0 Å². The first-order valence-corrected chi connectivity index (χ1v) is 11.4. The molecule has 23 heavy (non-hydrogen) atoms. The number of carboxylic acid groups (broad SMARTS) is 2. The second kappa shape index (κ2) is 11.8. The zero-order chi connectivity index (χ0) is 17.8. The minimum Gasteiger partial charge on any atom is -0.699 e. The van der Waals surface area contributed by atoms with Crippen molar-refractivity contribution in [1.29, 1.82) is 0 Å². The number of nitrogens with one attached hydrogen (secondary N) is 2. The summed E-state index contributed by atoms with van der Waals surface area (Å²) >= 11 is -0.472. The predicted molar refractivity (Wildman–Crippen MR) is 86.5 cm³/mol. The Bertz CT molecular complexity index is 566. The van der Waals surface area contributed by atoms with Gasteiger partial charge in [-0.2, -0.15) is 0 Å². The second-order valence-corrected chi connectivity index (χ2v) is 7.09. The molecule has 0 heterocycles. The Labute approximate surface area is 149 Å². The van der Waals surface area contributed by atoms with Crippen molar-refractivity contribution >= 4 is 42.1 Å². The summed E-state index contributed by atoms with van der Waals surface area (Å²) in [7, 11) is 9.75. The summed E-state index contributed by atoms with van der Waals surface area (Å²) in [4.78, 5) is 20.5. The number of carbonyl (C=O) groups is 2. The largest absolute Gasteiger partial charge is 0.699 e. The molecule has 0 amide bonds. The minimum absolute atomic E-state index is 0.219. The van der Waals surface area contributed by atoms with Gasteiger partial charge < -0.3 is 21.7 Å². The van der Waals surface area contributed by atoms with Gasteiger partial charge in [0.05, 0.1) is 11.1 Å². The third kappa shape index (κ3) is 9.79. The van der Waals surface area contributed by atoms with Gasteiger partial charge in [0.15, 0.2) is 0 Å². The van der Waals surface area contributed by atoms with Crippen LogP contribution in [0.25, 0.3) is 11.5 Å². The van der Waals surface area contributed by atoms with Crippen LogP contribution < -0.4 is 0 Å². The molecule has 0 aromatic heterocycles. The monoisotopic (exact) mass is 537 g/mol. The summed E-state index contributed by atoms with van der Waals surface area (Å²) in [5, 5.41) is 16.8. The summed E-state index contributed by atoms with van der Waals surface area (Å²) in [6.45, 7) is 0. The van der Waals surface area contributed by atoms with Crippen LogP contribution in [0.15, 0.2) is 48.5 Å². The Morgan fingerprint density at radius 1 is 0.739 bits per heavy atom. The van der Waals surface area contributed by atoms with E-state index < -0.39 is 28.4 Å². The van der Waals surface area contributed by atoms with Crippen molar-refractivity contribution in [2.24, 2.45) is 0 Å². The molecular weight excluding hydrogens is 526 g/mol. The summed E-state index contributed by atoms with van der Waals surface area (Å²) in [6, 6.07) is 11.4. The molecule has 0 saturated heterocycles. The third-order valence-electron chi connectivity index (χ3n) is 2.26. The van der Waals surface area contributed by atoms with Crippen LogP contribution in [0.3, 0.4) is 0 Å². The van der Waals surface area contributed by atoms with Crippen LogP contribution in [-0.2, 0) is 16.5 Å². The molecule has 0 fully saturated rings. The van der Waals surface area contributed by atoms with Gasteiger partial charge in [-0.25, -0.2) is 9.59 Å². The number of hydrogen-bond donors (Lipinski definition) is 2. The number of hydrogen-bond acceptors (Lipinski definition) is 2. The smallest absolute Gasteiger partial charge is 0.335 e. The van der Waals surface area contributed by atoms with Crippen LogP contribution in [0.2, 0.25) is 0 Å². The number of rotatable bonds is 2. The van der Waals surface area contributed by atoms with Gasteiger partial charge in [-0.15, -0.1) is 11.4 Å². The Kier molecular flexibility index (Phi) is 10.9. The van der Waals surface area contributed by atoms with Crippen LogP contribution in [0.1, 0.15) is 20.7 Å². The molecule has 9 heteroatoms. The quantitative estimate of drug-likeness (QED) is 0.524. The molecule has 126 valence electrons. The first-order chi connectivity index (χ1) is 10.8. The average molecular weight is 538 g/mol. The maximum Gasteiger partial charge on any atom is 0.335 e. The van der Waals surface area contributed by atoms with E-state index in [-0.39, 0.29) is 11.1 Å². The number of benzene rings is 2. The average Bonchev–Trinajstić information content (AvgIpc) is 2.49. The Morgan fingerprint density at radius 2 is 0.957 bits per heavy atom. The van der Waals surface area contributed by atoms with Crippen molar-refractivity contribution in [3.63, 3.8) is 0 Å². The maximum atomic E-state index is 10.3. The van der Waals surface area contributed by atoms with E-state index >= 15 is 0 Å². The van der Waals surface area contributed by atoms with Crippen molar-refractivity contribution in [3.05, 3.63) is 71.1 Å². The van der Waals surface area contributed by atoms with E-state index in [9.17, 15) is 9.59 Å². The van der Waals surface area contributed by atoms with Crippen LogP contribution in [0.5, 0.6) is 0 Å². The fourth-order valence-corrected chi connectivity index (χ4v) is 1.23. The van der Waals surface area contributed by atoms with E-state index in [0.29, 0.717) is 11.4 Å². The first kappa shape index (κ1) is 21.2. The summed E-state index contributed by atoms with van der Waals surface area (Å²) in [5.41, 5.74) is 15.2. The van der Waals surface area contributed by atoms with Gasteiger partial charge in [0.25, 0.3) is 0 Å². The van der Waals surface area contributed by atoms with E-state index in [2.05, 4.69) is 0 Å². The Hall–Kier alpha value is -1.75. The SMILES string of the molecule is [Cl][Pt+2][Cl].[NH-]c1ccc(C(=O)O)cc1.[NH-]c1ccc(C(=O)O)cc1. The van der Waals surface area contributed by atoms with Crippen molar-refractivity contribution < 1.29 is 36.3 Å². The molecule has 2 aromatic rings. The van der Waals surface area contributed by atoms with E-state index in [1.807, 2.05) is 0 Å². The third-order valence-corrected chi connectivity index (χ3v) is 2.26. The number of halogens is 2. The molecule has 0 aliphatic rings. The Morgan fingerprint density at radius 3 is 1.13 bits per heavy atom. The molecule has 0 bridgehead atoms. The van der Waals surface area contributed by atoms with Gasteiger partial charge in [-0.05, 0) is 24.3 Å². The molecule has 2 rings (SSSR count). The predicted octanol–water partition coefficient (Wildman–Crippen LogP) is 5.51. The molecule has 2 aromatic carbocycles. The molecule has 0 aliphatic heterocycles. The molecule has 6 nitrogen and oxygen atoms in total. The minimum atomic E-state index is -0.958. The summed E-state index contributed by atoms with van der Waals surface area (Å²) in [5.74, 6) is -1.92. The van der Waals surface area contributed by atoms with Gasteiger partial charge in [-0.3, -0.25) is 0 Å². The molecule has 0 unspecified atom stereocenters. The molecule has 0 radical (unpaired) electrons. The van der Waals surface area contributed by atoms with E-state index in [4.69, 9.17) is 40.5 Å². The molecule has 4 N–H and O–H groups in total. The van der Waals surface area contributed by atoms with Crippen LogP contribution in [0, 0.1) is 0 Å². The molecular formula is C14H12Cl2N2O4Pt. The number of aromatic carboxylic acids is 2. The van der Waals surface area contributed by atoms with Gasteiger partial charge >= 0.3 is 47.3 Å². The fourth-order valence-electron chi connectivity index (χ4n) is 1.23. The number of carboxylic acids is 2. The fraction of sp³-hybridized carbons (Fsp3) is 0. The molecule has 0 saturated carbocycles. The van der Waals surface area contributed by atoms with Gasteiger partial charge in [-0.1, -0.05) is 24.3 Å². The van der Waals surface area contributed by atoms with E-state index in [1.54, 1.807) is 0 Å². The van der Waals surface area contributed by atoms with Crippen molar-refractivity contribution in [2.75, 3.05) is 0 Å². The van der Waals surface area contributed by atoms with Crippen LogP contribution in [-0.4, -0.2) is 22.2 Å². The molecule has 0 atom stereocenters. The standard InChI is InChI=1S/2C7H6NO2.2ClH.Pt/c2*8-6-3-1-5(2-4-6)7(9)10;;;/h2*1-4,8H,(H,9,10);2*1H;/q2*-1;;;+4/p-2. The maximum absolute atomic E-state index is 10.3. The van der Waals surface area contributed by atoms with Crippen molar-refractivity contribution in [2.45, 2.75) is 0 Å².